The van der Waals surface area contributed by atoms with Crippen molar-refractivity contribution >= 4 is 39.1 Å². The predicted octanol–water partition coefficient (Wildman–Crippen LogP) is 2.31. The van der Waals surface area contributed by atoms with Crippen LogP contribution in [0.15, 0.2) is 36.9 Å². The monoisotopic (exact) mass is 666 g/mol. The Morgan fingerprint density at radius 1 is 1.11 bits per heavy atom. The van der Waals surface area contributed by atoms with Gasteiger partial charge in [0.15, 0.2) is 30.0 Å². The molecule has 17 heteroatoms. The Labute approximate surface area is 267 Å². The number of halogens is 1. The molecule has 4 atom stereocenters. The van der Waals surface area contributed by atoms with Crippen molar-refractivity contribution in [1.29, 1.82) is 0 Å². The number of fused-ring (bicyclic) bond motifs is 1. The van der Waals surface area contributed by atoms with Gasteiger partial charge in [0, 0.05) is 6.54 Å². The number of ether oxygens (including phenoxy) is 2. The van der Waals surface area contributed by atoms with Gasteiger partial charge in [-0.3, -0.25) is 14.2 Å². The van der Waals surface area contributed by atoms with Crippen molar-refractivity contribution in [3.8, 4) is 5.75 Å². The van der Waals surface area contributed by atoms with Gasteiger partial charge in [0.1, 0.15) is 23.7 Å². The molecule has 1 fully saturated rings. The molecule has 1 aromatic carbocycles. The van der Waals surface area contributed by atoms with Gasteiger partial charge in [0.05, 0.1) is 17.8 Å². The van der Waals surface area contributed by atoms with Crippen LogP contribution in [-0.4, -0.2) is 94.4 Å². The van der Waals surface area contributed by atoms with E-state index in [1.807, 2.05) is 0 Å². The summed E-state index contributed by atoms with van der Waals surface area (Å²) in [5, 5.41) is 9.82. The van der Waals surface area contributed by atoms with E-state index < -0.39 is 64.9 Å². The van der Waals surface area contributed by atoms with E-state index in [2.05, 4.69) is 45.3 Å². The Morgan fingerprint density at radius 2 is 1.76 bits per heavy atom. The largest absolute Gasteiger partial charge is 0.507 e. The summed E-state index contributed by atoms with van der Waals surface area (Å²) >= 11 is 0. The molecule has 1 aliphatic heterocycles. The van der Waals surface area contributed by atoms with Crippen molar-refractivity contribution in [3.05, 3.63) is 42.5 Å². The van der Waals surface area contributed by atoms with Gasteiger partial charge in [-0.2, -0.15) is 13.1 Å². The van der Waals surface area contributed by atoms with Gasteiger partial charge in [-0.15, -0.1) is 0 Å². The molecular formula is C29H43FN8O7S. The highest BCUT2D eigenvalue weighted by Crippen LogP contribution is 2.36. The van der Waals surface area contributed by atoms with E-state index in [-0.39, 0.29) is 22.5 Å². The van der Waals surface area contributed by atoms with Crippen LogP contribution in [0.4, 0.5) is 10.2 Å². The molecule has 0 unspecified atom stereocenters. The molecule has 2 aromatic heterocycles. The van der Waals surface area contributed by atoms with Crippen LogP contribution in [0.2, 0.25) is 0 Å². The summed E-state index contributed by atoms with van der Waals surface area (Å²) in [6.07, 6.45) is -2.81. The summed E-state index contributed by atoms with van der Waals surface area (Å²) in [7, 11) is -4.50. The number of carbonyl (C=O) groups is 2. The van der Waals surface area contributed by atoms with Gasteiger partial charge >= 0.3 is 16.2 Å². The number of phenols is 1. The van der Waals surface area contributed by atoms with Gasteiger partial charge < -0.3 is 25.2 Å². The first-order chi connectivity index (χ1) is 21.9. The number of rotatable bonds is 13. The topological polar surface area (TPSA) is 204 Å². The Hall–Kier alpha value is -3.93. The fraction of sp³-hybridized carbons (Fsp3) is 0.552. The summed E-state index contributed by atoms with van der Waals surface area (Å²) in [5.41, 5.74) is 5.91. The van der Waals surface area contributed by atoms with Crippen molar-refractivity contribution in [1.82, 2.24) is 33.9 Å². The van der Waals surface area contributed by atoms with Crippen molar-refractivity contribution in [2.75, 3.05) is 31.9 Å². The molecule has 3 aromatic rings. The number of esters is 1. The molecule has 0 aliphatic carbocycles. The molecule has 1 aliphatic rings. The minimum Gasteiger partial charge on any atom is -0.507 e. The third kappa shape index (κ3) is 8.86. The van der Waals surface area contributed by atoms with Crippen LogP contribution in [-0.2, 0) is 24.5 Å². The lowest BCUT2D eigenvalue weighted by Gasteiger charge is -2.22. The van der Waals surface area contributed by atoms with Crippen LogP contribution in [0.1, 0.15) is 64.0 Å². The molecular weight excluding hydrogens is 623 g/mol. The molecule has 4 rings (SSSR count). The van der Waals surface area contributed by atoms with Gasteiger partial charge in [0.2, 0.25) is 0 Å². The quantitative estimate of drug-likeness (QED) is 0.194. The molecule has 1 saturated heterocycles. The number of alkyl halides is 1. The second-order valence-corrected chi connectivity index (χ2v) is 11.9. The van der Waals surface area contributed by atoms with Crippen LogP contribution in [0.3, 0.4) is 0 Å². The van der Waals surface area contributed by atoms with E-state index >= 15 is 4.39 Å². The highest BCUT2D eigenvalue weighted by atomic mass is 32.2. The van der Waals surface area contributed by atoms with E-state index in [9.17, 15) is 23.1 Å². The fourth-order valence-corrected chi connectivity index (χ4v) is 5.68. The number of benzene rings is 1. The average Bonchev–Trinajstić information content (AvgIpc) is 3.59. The number of para-hydroxylation sites is 1. The third-order valence-electron chi connectivity index (χ3n) is 7.69. The number of hydrogen-bond acceptors (Lipinski definition) is 12. The zero-order chi connectivity index (χ0) is 34.0. The van der Waals surface area contributed by atoms with Crippen LogP contribution in [0.5, 0.6) is 5.75 Å². The van der Waals surface area contributed by atoms with Crippen LogP contribution in [0, 0.1) is 5.92 Å². The Balaban J connectivity index is 0.000000738. The number of hydrogen-bond donors (Lipinski definition) is 4. The average molecular weight is 667 g/mol. The van der Waals surface area contributed by atoms with Gasteiger partial charge in [0.25, 0.3) is 5.91 Å². The first-order valence-electron chi connectivity index (χ1n) is 15.2. The number of nitrogens with one attached hydrogen (secondary N) is 2. The molecule has 15 nitrogen and oxygen atoms in total. The van der Waals surface area contributed by atoms with Crippen LogP contribution < -0.4 is 15.2 Å². The number of nitrogens with zero attached hydrogens (tertiary/aromatic N) is 5. The minimum absolute atomic E-state index is 0.0633. The summed E-state index contributed by atoms with van der Waals surface area (Å²) in [4.78, 5) is 39.5. The Kier molecular flexibility index (Phi) is 13.2. The zero-order valence-electron chi connectivity index (χ0n) is 26.6. The second-order valence-electron chi connectivity index (χ2n) is 10.4. The number of amides is 1. The molecule has 1 amide bonds. The molecule has 0 radical (unpaired) electrons. The van der Waals surface area contributed by atoms with Crippen molar-refractivity contribution in [2.24, 2.45) is 5.92 Å². The number of imidazole rings is 1. The summed E-state index contributed by atoms with van der Waals surface area (Å²) in [6, 6.07) is 5.37. The number of nitrogens with two attached hydrogens (primary N) is 1. The maximum atomic E-state index is 15.8. The maximum Gasteiger partial charge on any atom is 0.309 e. The second kappa shape index (κ2) is 16.6. The highest BCUT2D eigenvalue weighted by molar-refractivity contribution is 7.88. The lowest BCUT2D eigenvalue weighted by molar-refractivity contribution is -0.159. The fourth-order valence-electron chi connectivity index (χ4n) is 4.87. The predicted molar refractivity (Wildman–Crippen MR) is 168 cm³/mol. The van der Waals surface area contributed by atoms with E-state index in [1.54, 1.807) is 18.6 Å². The van der Waals surface area contributed by atoms with Crippen molar-refractivity contribution in [2.45, 2.75) is 72.1 Å². The Morgan fingerprint density at radius 3 is 2.35 bits per heavy atom. The summed E-state index contributed by atoms with van der Waals surface area (Å²) < 4.78 is 57.5. The molecule has 5 N–H and O–H groups in total. The normalized spacial score (nSPS) is 19.7. The van der Waals surface area contributed by atoms with Crippen LogP contribution in [0.25, 0.3) is 11.2 Å². The van der Waals surface area contributed by atoms with E-state index in [1.165, 1.54) is 61.1 Å². The van der Waals surface area contributed by atoms with E-state index in [0.29, 0.717) is 12.8 Å². The highest BCUT2D eigenvalue weighted by Gasteiger charge is 2.49. The standard InChI is InChI=1S/C23H28FN7O7S.C6H15N/c1-3-12(4-2)23(34)38-18-15(9-29-39(35,36)30-21(33)13-7-5-6-8-14(13)32)37-22(16(18)24)31-11-28-17-19(25)26-10-27-20(17)31;1-4-7(5-2)6-3/h5-8,10-12,15-16,18,22,29,32H,3-4,9H2,1-2H3,(H,30,33)(H2,25,26,27);4-6H2,1-3H3/t15-,16-,18-,22-;/m1./s1. The first kappa shape index (κ1) is 36.5. The summed E-state index contributed by atoms with van der Waals surface area (Å²) in [6.45, 7) is 13.1. The zero-order valence-corrected chi connectivity index (χ0v) is 27.4. The van der Waals surface area contributed by atoms with Crippen LogP contribution >= 0.6 is 0 Å². The lowest BCUT2D eigenvalue weighted by atomic mass is 10.0. The number of carbonyl (C=O) groups excluding carboxylic acids is 2. The molecule has 254 valence electrons. The number of aromatic nitrogens is 4. The van der Waals surface area contributed by atoms with Gasteiger partial charge in [-0.25, -0.2) is 24.1 Å². The molecule has 3 heterocycles. The Bertz CT molecular complexity index is 1560. The smallest absolute Gasteiger partial charge is 0.309 e. The first-order valence-corrected chi connectivity index (χ1v) is 16.6. The number of nitrogen functional groups attached to an aromatic ring is 1. The third-order valence-corrected chi connectivity index (χ3v) is 8.69. The van der Waals surface area contributed by atoms with Gasteiger partial charge in [-0.1, -0.05) is 46.8 Å². The van der Waals surface area contributed by atoms with E-state index in [4.69, 9.17) is 15.2 Å². The molecule has 0 saturated carbocycles. The van der Waals surface area contributed by atoms with Crippen molar-refractivity contribution in [3.63, 3.8) is 0 Å². The SMILES string of the molecule is CCC(CC)C(=O)O[C@H]1[C@@H](F)[C@H](n2cnc3c(N)ncnc32)O[C@@H]1CNS(=O)(=O)NC(=O)c1ccccc1O.CCN(CC)CC. The maximum absolute atomic E-state index is 15.8. The number of anilines is 1. The lowest BCUT2D eigenvalue weighted by Crippen LogP contribution is -2.46. The molecule has 0 bridgehead atoms. The molecule has 0 spiro atoms. The van der Waals surface area contributed by atoms with Crippen molar-refractivity contribution < 1.29 is 37.0 Å². The molecule has 46 heavy (non-hydrogen) atoms. The number of aromatic hydroxyl groups is 1. The van der Waals surface area contributed by atoms with E-state index in [0.717, 1.165) is 0 Å². The van der Waals surface area contributed by atoms with Gasteiger partial charge in [-0.05, 0) is 44.6 Å². The minimum atomic E-state index is -4.50. The number of phenolic OH excluding ortho intramolecular Hbond substituents is 1. The summed E-state index contributed by atoms with van der Waals surface area (Å²) in [5.74, 6) is -2.59.